The minimum Gasteiger partial charge on any atom is -0.493 e. The number of likely N-dealkylation sites (tertiary alicyclic amines) is 1. The van der Waals surface area contributed by atoms with Gasteiger partial charge in [-0.05, 0) is 76.2 Å². The molecule has 1 aromatic carbocycles. The molecule has 2 saturated heterocycles. The quantitative estimate of drug-likeness (QED) is 0.834. The standard InChI is InChI=1S/C21H31NO3/c1-22-12-11-21(16-6-7-17(23-2)18(14-16)24-3)10-9-20(15-19(21)22)8-4-5-13-25-20/h6-7,14,19H,4-5,8-13,15H2,1-3H3/t19-,20?,21-/m0/s1. The Balaban J connectivity index is 1.68. The zero-order chi connectivity index (χ0) is 17.5. The third-order valence-electron chi connectivity index (χ3n) is 7.07. The molecule has 1 unspecified atom stereocenters. The van der Waals surface area contributed by atoms with Crippen molar-refractivity contribution in [1.29, 1.82) is 0 Å². The lowest BCUT2D eigenvalue weighted by Crippen LogP contribution is -2.54. The summed E-state index contributed by atoms with van der Waals surface area (Å²) in [5, 5.41) is 0. The Labute approximate surface area is 151 Å². The molecule has 2 aliphatic heterocycles. The number of hydrogen-bond donors (Lipinski definition) is 0. The lowest BCUT2D eigenvalue weighted by atomic mass is 9.61. The second-order valence-electron chi connectivity index (χ2n) is 8.17. The Bertz CT molecular complexity index is 626. The highest BCUT2D eigenvalue weighted by Gasteiger charge is 2.55. The summed E-state index contributed by atoms with van der Waals surface area (Å²) in [6.45, 7) is 2.11. The van der Waals surface area contributed by atoms with Gasteiger partial charge >= 0.3 is 0 Å². The van der Waals surface area contributed by atoms with Crippen molar-refractivity contribution in [3.05, 3.63) is 23.8 Å². The van der Waals surface area contributed by atoms with Crippen LogP contribution in [0.4, 0.5) is 0 Å². The third kappa shape index (κ3) is 2.74. The molecule has 2 heterocycles. The zero-order valence-corrected chi connectivity index (χ0v) is 15.8. The van der Waals surface area contributed by atoms with E-state index in [4.69, 9.17) is 14.2 Å². The topological polar surface area (TPSA) is 30.9 Å². The van der Waals surface area contributed by atoms with Gasteiger partial charge in [-0.25, -0.2) is 0 Å². The lowest BCUT2D eigenvalue weighted by molar-refractivity contribution is -0.121. The van der Waals surface area contributed by atoms with E-state index in [1.165, 1.54) is 44.1 Å². The van der Waals surface area contributed by atoms with E-state index in [1.54, 1.807) is 14.2 Å². The molecule has 0 radical (unpaired) electrons. The zero-order valence-electron chi connectivity index (χ0n) is 15.8. The SMILES string of the molecule is COc1ccc([C@]23CCN(C)[C@H]2CC2(CCCCO2)CC3)cc1OC. The number of rotatable bonds is 3. The molecule has 1 aromatic rings. The Hall–Kier alpha value is -1.26. The highest BCUT2D eigenvalue weighted by Crippen LogP contribution is 2.54. The molecular weight excluding hydrogens is 314 g/mol. The van der Waals surface area contributed by atoms with E-state index in [-0.39, 0.29) is 11.0 Å². The van der Waals surface area contributed by atoms with Gasteiger partial charge < -0.3 is 19.1 Å². The molecule has 4 nitrogen and oxygen atoms in total. The van der Waals surface area contributed by atoms with Crippen LogP contribution in [0.1, 0.15) is 50.5 Å². The molecular formula is C21H31NO3. The van der Waals surface area contributed by atoms with Gasteiger partial charge in [0.2, 0.25) is 0 Å². The van der Waals surface area contributed by atoms with Crippen LogP contribution in [0.3, 0.4) is 0 Å². The Morgan fingerprint density at radius 3 is 2.60 bits per heavy atom. The summed E-state index contributed by atoms with van der Waals surface area (Å²) in [6, 6.07) is 7.09. The molecule has 0 bridgehead atoms. The second-order valence-corrected chi connectivity index (χ2v) is 8.17. The second kappa shape index (κ2) is 6.48. The van der Waals surface area contributed by atoms with Gasteiger partial charge in [-0.2, -0.15) is 0 Å². The van der Waals surface area contributed by atoms with E-state index >= 15 is 0 Å². The van der Waals surface area contributed by atoms with Crippen LogP contribution in [-0.2, 0) is 10.2 Å². The van der Waals surface area contributed by atoms with Crippen molar-refractivity contribution in [3.8, 4) is 11.5 Å². The molecule has 1 spiro atoms. The fourth-order valence-corrected chi connectivity index (χ4v) is 5.56. The number of fused-ring (bicyclic) bond motifs is 1. The van der Waals surface area contributed by atoms with Crippen LogP contribution in [0.25, 0.3) is 0 Å². The van der Waals surface area contributed by atoms with E-state index in [0.717, 1.165) is 31.1 Å². The number of nitrogens with zero attached hydrogens (tertiary/aromatic N) is 1. The summed E-state index contributed by atoms with van der Waals surface area (Å²) in [5.74, 6) is 1.66. The maximum Gasteiger partial charge on any atom is 0.161 e. The normalized spacial score (nSPS) is 35.6. The molecule has 0 amide bonds. The van der Waals surface area contributed by atoms with Crippen LogP contribution in [0, 0.1) is 0 Å². The van der Waals surface area contributed by atoms with Crippen molar-refractivity contribution in [3.63, 3.8) is 0 Å². The van der Waals surface area contributed by atoms with Crippen LogP contribution in [-0.4, -0.2) is 51.0 Å². The first-order valence-corrected chi connectivity index (χ1v) is 9.69. The van der Waals surface area contributed by atoms with Crippen LogP contribution >= 0.6 is 0 Å². The van der Waals surface area contributed by atoms with Crippen molar-refractivity contribution in [2.24, 2.45) is 0 Å². The lowest BCUT2D eigenvalue weighted by Gasteiger charge is -2.51. The highest BCUT2D eigenvalue weighted by molar-refractivity contribution is 5.46. The van der Waals surface area contributed by atoms with Gasteiger partial charge in [0.1, 0.15) is 0 Å². The molecule has 3 atom stereocenters. The van der Waals surface area contributed by atoms with Gasteiger partial charge in [-0.3, -0.25) is 0 Å². The maximum absolute atomic E-state index is 6.35. The third-order valence-corrected chi connectivity index (χ3v) is 7.07. The van der Waals surface area contributed by atoms with Gasteiger partial charge in [0, 0.05) is 18.1 Å². The fraction of sp³-hybridized carbons (Fsp3) is 0.714. The molecule has 0 aromatic heterocycles. The van der Waals surface area contributed by atoms with Gasteiger partial charge in [-0.15, -0.1) is 0 Å². The Morgan fingerprint density at radius 1 is 1.04 bits per heavy atom. The van der Waals surface area contributed by atoms with E-state index in [1.807, 2.05) is 0 Å². The van der Waals surface area contributed by atoms with Crippen molar-refractivity contribution in [1.82, 2.24) is 4.90 Å². The number of likely N-dealkylation sites (N-methyl/N-ethyl adjacent to an activating group) is 1. The van der Waals surface area contributed by atoms with Crippen molar-refractivity contribution in [2.75, 3.05) is 34.4 Å². The monoisotopic (exact) mass is 345 g/mol. The van der Waals surface area contributed by atoms with E-state index in [9.17, 15) is 0 Å². The van der Waals surface area contributed by atoms with Crippen LogP contribution in [0.15, 0.2) is 18.2 Å². The predicted octanol–water partition coefficient (Wildman–Crippen LogP) is 3.77. The van der Waals surface area contributed by atoms with E-state index in [2.05, 4.69) is 30.1 Å². The molecule has 0 N–H and O–H groups in total. The fourth-order valence-electron chi connectivity index (χ4n) is 5.56. The number of ether oxygens (including phenoxy) is 3. The summed E-state index contributed by atoms with van der Waals surface area (Å²) in [4.78, 5) is 2.57. The summed E-state index contributed by atoms with van der Waals surface area (Å²) >= 11 is 0. The first-order valence-electron chi connectivity index (χ1n) is 9.69. The summed E-state index contributed by atoms with van der Waals surface area (Å²) < 4.78 is 17.4. The number of methoxy groups -OCH3 is 2. The predicted molar refractivity (Wildman–Crippen MR) is 98.6 cm³/mol. The van der Waals surface area contributed by atoms with Gasteiger partial charge in [-0.1, -0.05) is 6.07 Å². The van der Waals surface area contributed by atoms with Gasteiger partial charge in [0.05, 0.1) is 19.8 Å². The minimum atomic E-state index is 0.127. The van der Waals surface area contributed by atoms with Crippen LogP contribution in [0.5, 0.6) is 11.5 Å². The first-order chi connectivity index (χ1) is 12.1. The molecule has 4 heteroatoms. The highest BCUT2D eigenvalue weighted by atomic mass is 16.5. The van der Waals surface area contributed by atoms with Crippen molar-refractivity contribution < 1.29 is 14.2 Å². The van der Waals surface area contributed by atoms with Gasteiger partial charge in [0.15, 0.2) is 11.5 Å². The average Bonchev–Trinajstić information content (AvgIpc) is 2.99. The molecule has 1 aliphatic carbocycles. The summed E-state index contributed by atoms with van der Waals surface area (Å²) in [5.41, 5.74) is 1.76. The molecule has 25 heavy (non-hydrogen) atoms. The largest absolute Gasteiger partial charge is 0.493 e. The van der Waals surface area contributed by atoms with E-state index in [0.29, 0.717) is 6.04 Å². The summed E-state index contributed by atoms with van der Waals surface area (Å²) in [7, 11) is 5.71. The number of benzene rings is 1. The average molecular weight is 345 g/mol. The molecule has 138 valence electrons. The number of hydrogen-bond acceptors (Lipinski definition) is 4. The van der Waals surface area contributed by atoms with E-state index < -0.39 is 0 Å². The molecule has 1 saturated carbocycles. The Morgan fingerprint density at radius 2 is 1.88 bits per heavy atom. The molecule has 4 rings (SSSR count). The van der Waals surface area contributed by atoms with Gasteiger partial charge in [0.25, 0.3) is 0 Å². The smallest absolute Gasteiger partial charge is 0.161 e. The minimum absolute atomic E-state index is 0.127. The molecule has 3 fully saturated rings. The first kappa shape index (κ1) is 17.2. The summed E-state index contributed by atoms with van der Waals surface area (Å²) in [6.07, 6.45) is 8.56. The molecule has 3 aliphatic rings. The van der Waals surface area contributed by atoms with Crippen molar-refractivity contribution >= 4 is 0 Å². The van der Waals surface area contributed by atoms with Crippen LogP contribution < -0.4 is 9.47 Å². The Kier molecular flexibility index (Phi) is 4.45. The van der Waals surface area contributed by atoms with Crippen LogP contribution in [0.2, 0.25) is 0 Å². The maximum atomic E-state index is 6.35. The van der Waals surface area contributed by atoms with Crippen molar-refractivity contribution in [2.45, 2.75) is 62.0 Å².